The van der Waals surface area contributed by atoms with E-state index in [9.17, 15) is 19.2 Å². The summed E-state index contributed by atoms with van der Waals surface area (Å²) in [7, 11) is 0. The van der Waals surface area contributed by atoms with Gasteiger partial charge in [0.15, 0.2) is 17.7 Å². The Balaban J connectivity index is 1.27. The number of hydrogen-bond acceptors (Lipinski definition) is 6. The van der Waals surface area contributed by atoms with Gasteiger partial charge in [-0.1, -0.05) is 54.6 Å². The Labute approximate surface area is 212 Å². The molecule has 1 N–H and O–H groups in total. The van der Waals surface area contributed by atoms with Crippen LogP contribution in [0.3, 0.4) is 0 Å². The Bertz CT molecular complexity index is 1660. The van der Waals surface area contributed by atoms with E-state index in [0.717, 1.165) is 30.5 Å². The number of carbonyl (C=O) groups excluding carboxylic acids is 4. The molecule has 7 heteroatoms. The summed E-state index contributed by atoms with van der Waals surface area (Å²) < 4.78 is 5.62. The molecule has 1 amide bonds. The van der Waals surface area contributed by atoms with Crippen LogP contribution < -0.4 is 5.32 Å². The van der Waals surface area contributed by atoms with Crippen molar-refractivity contribution in [1.29, 1.82) is 0 Å². The predicted molar refractivity (Wildman–Crippen MR) is 137 cm³/mol. The number of nitrogens with one attached hydrogen (secondary N) is 1. The van der Waals surface area contributed by atoms with E-state index >= 15 is 0 Å². The van der Waals surface area contributed by atoms with E-state index in [1.165, 1.54) is 6.92 Å². The Hall–Kier alpha value is -4.65. The lowest BCUT2D eigenvalue weighted by Crippen LogP contribution is -2.32. The number of ether oxygens (including phenoxy) is 1. The maximum Gasteiger partial charge on any atom is 0.339 e. The number of nitrogens with zero attached hydrogens (tertiary/aromatic N) is 1. The summed E-state index contributed by atoms with van der Waals surface area (Å²) in [6.07, 6.45) is 1.29. The maximum absolute atomic E-state index is 13.3. The molecular formula is C30H22N2O5. The second-order valence-corrected chi connectivity index (χ2v) is 9.25. The minimum Gasteiger partial charge on any atom is -0.449 e. The highest BCUT2D eigenvalue weighted by atomic mass is 16.5. The topological polar surface area (TPSA) is 102 Å². The molecule has 0 fully saturated rings. The van der Waals surface area contributed by atoms with Crippen LogP contribution in [-0.4, -0.2) is 34.5 Å². The number of amides is 1. The molecule has 0 saturated carbocycles. The van der Waals surface area contributed by atoms with Crippen molar-refractivity contribution in [1.82, 2.24) is 4.98 Å². The Morgan fingerprint density at radius 1 is 0.865 bits per heavy atom. The first-order chi connectivity index (χ1) is 17.9. The normalized spacial score (nSPS) is 14.5. The molecule has 1 unspecified atom stereocenters. The quantitative estimate of drug-likeness (QED) is 0.367. The highest BCUT2D eigenvalue weighted by molar-refractivity contribution is 6.30. The summed E-state index contributed by atoms with van der Waals surface area (Å²) in [4.78, 5) is 57.3. The zero-order valence-electron chi connectivity index (χ0n) is 20.0. The summed E-state index contributed by atoms with van der Waals surface area (Å²) in [5.41, 5.74) is 4.12. The van der Waals surface area contributed by atoms with Crippen molar-refractivity contribution in [2.75, 3.05) is 5.32 Å². The predicted octanol–water partition coefficient (Wildman–Crippen LogP) is 4.68. The number of para-hydroxylation sites is 1. The molecule has 0 bridgehead atoms. The lowest BCUT2D eigenvalue weighted by molar-refractivity contribution is -0.123. The van der Waals surface area contributed by atoms with Crippen LogP contribution in [0.2, 0.25) is 0 Å². The number of hydrogen-bond donors (Lipinski definition) is 1. The van der Waals surface area contributed by atoms with Gasteiger partial charge in [-0.15, -0.1) is 0 Å². The van der Waals surface area contributed by atoms with Gasteiger partial charge in [-0.3, -0.25) is 19.4 Å². The molecule has 1 atom stereocenters. The molecule has 2 aliphatic rings. The van der Waals surface area contributed by atoms with Crippen molar-refractivity contribution in [3.05, 3.63) is 106 Å². The van der Waals surface area contributed by atoms with Crippen LogP contribution >= 0.6 is 0 Å². The maximum atomic E-state index is 13.3. The van der Waals surface area contributed by atoms with Crippen molar-refractivity contribution in [2.24, 2.45) is 0 Å². The molecule has 1 heterocycles. The van der Waals surface area contributed by atoms with E-state index in [1.807, 2.05) is 24.3 Å². The number of pyridine rings is 1. The van der Waals surface area contributed by atoms with Crippen LogP contribution in [0.25, 0.3) is 10.9 Å². The molecule has 2 aliphatic carbocycles. The molecule has 0 spiro atoms. The molecule has 182 valence electrons. The van der Waals surface area contributed by atoms with Gasteiger partial charge in [0, 0.05) is 27.8 Å². The van der Waals surface area contributed by atoms with Crippen molar-refractivity contribution in [2.45, 2.75) is 32.3 Å². The molecule has 4 aromatic rings. The summed E-state index contributed by atoms with van der Waals surface area (Å²) in [6, 6.07) is 18.7. The monoisotopic (exact) mass is 490 g/mol. The number of fused-ring (bicyclic) bond motifs is 4. The van der Waals surface area contributed by atoms with E-state index in [1.54, 1.807) is 42.5 Å². The second kappa shape index (κ2) is 8.78. The Kier molecular flexibility index (Phi) is 5.41. The smallest absolute Gasteiger partial charge is 0.339 e. The van der Waals surface area contributed by atoms with Gasteiger partial charge in [0.25, 0.3) is 5.91 Å². The number of carbonyl (C=O) groups is 4. The minimum atomic E-state index is -1.14. The first-order valence-corrected chi connectivity index (χ1v) is 12.2. The number of benzene rings is 3. The zero-order valence-corrected chi connectivity index (χ0v) is 20.0. The van der Waals surface area contributed by atoms with Crippen LogP contribution in [-0.2, 0) is 22.4 Å². The highest BCUT2D eigenvalue weighted by Crippen LogP contribution is 2.33. The molecule has 1 aromatic heterocycles. The zero-order chi connectivity index (χ0) is 25.7. The number of aromatic nitrogens is 1. The van der Waals surface area contributed by atoms with Gasteiger partial charge in [0.05, 0.1) is 22.3 Å². The molecule has 6 rings (SSSR count). The SMILES string of the molecule is CC(OC(=O)c1c2c(nc3ccccc13)CCC2)C(=O)Nc1cccc2c1C(=O)c1ccccc1C2=O. The van der Waals surface area contributed by atoms with Crippen molar-refractivity contribution in [3.8, 4) is 0 Å². The summed E-state index contributed by atoms with van der Waals surface area (Å²) in [5.74, 6) is -1.81. The van der Waals surface area contributed by atoms with E-state index in [4.69, 9.17) is 9.72 Å². The summed E-state index contributed by atoms with van der Waals surface area (Å²) in [5, 5.41) is 3.39. The van der Waals surface area contributed by atoms with Crippen molar-refractivity contribution >= 4 is 40.0 Å². The van der Waals surface area contributed by atoms with Gasteiger partial charge in [-0.25, -0.2) is 4.79 Å². The van der Waals surface area contributed by atoms with Crippen molar-refractivity contribution in [3.63, 3.8) is 0 Å². The third kappa shape index (κ3) is 3.71. The van der Waals surface area contributed by atoms with Gasteiger partial charge >= 0.3 is 5.97 Å². The molecule has 7 nitrogen and oxygen atoms in total. The molecular weight excluding hydrogens is 468 g/mol. The fourth-order valence-electron chi connectivity index (χ4n) is 5.20. The largest absolute Gasteiger partial charge is 0.449 e. The fourth-order valence-corrected chi connectivity index (χ4v) is 5.20. The molecule has 0 saturated heterocycles. The van der Waals surface area contributed by atoms with E-state index < -0.39 is 18.0 Å². The van der Waals surface area contributed by atoms with Gasteiger partial charge in [0.2, 0.25) is 0 Å². The van der Waals surface area contributed by atoms with E-state index in [2.05, 4.69) is 5.32 Å². The van der Waals surface area contributed by atoms with Crippen LogP contribution in [0.15, 0.2) is 66.7 Å². The van der Waals surface area contributed by atoms with E-state index in [-0.39, 0.29) is 28.4 Å². The van der Waals surface area contributed by atoms with Crippen molar-refractivity contribution < 1.29 is 23.9 Å². The average Bonchev–Trinajstić information content (AvgIpc) is 3.38. The van der Waals surface area contributed by atoms with Gasteiger partial charge in [-0.2, -0.15) is 0 Å². The lowest BCUT2D eigenvalue weighted by atomic mass is 9.83. The molecule has 0 aliphatic heterocycles. The lowest BCUT2D eigenvalue weighted by Gasteiger charge is -2.21. The number of esters is 1. The van der Waals surface area contributed by atoms with Crippen LogP contribution in [0, 0.1) is 0 Å². The standard InChI is InChI=1S/C30H22N2O5/c1-16(37-30(36)25-19-10-4-5-13-22(19)31-23-14-6-11-20(23)25)29(35)32-24-15-7-12-21-26(24)28(34)18-9-3-2-8-17(18)27(21)33/h2-5,7-10,12-13,15-16H,6,11,14H2,1H3,(H,32,35). The van der Waals surface area contributed by atoms with Gasteiger partial charge < -0.3 is 10.1 Å². The summed E-state index contributed by atoms with van der Waals surface area (Å²) in [6.45, 7) is 1.48. The van der Waals surface area contributed by atoms with Crippen LogP contribution in [0.5, 0.6) is 0 Å². The number of ketones is 2. The third-order valence-corrected chi connectivity index (χ3v) is 6.99. The molecule has 0 radical (unpaired) electrons. The highest BCUT2D eigenvalue weighted by Gasteiger charge is 2.33. The summed E-state index contributed by atoms with van der Waals surface area (Å²) >= 11 is 0. The molecule has 3 aromatic carbocycles. The van der Waals surface area contributed by atoms with Gasteiger partial charge in [0.1, 0.15) is 0 Å². The van der Waals surface area contributed by atoms with Crippen LogP contribution in [0.1, 0.15) is 66.8 Å². The average molecular weight is 491 g/mol. The van der Waals surface area contributed by atoms with E-state index in [0.29, 0.717) is 27.6 Å². The first kappa shape index (κ1) is 22.8. The van der Waals surface area contributed by atoms with Gasteiger partial charge in [-0.05, 0) is 43.9 Å². The minimum absolute atomic E-state index is 0.135. The number of aryl methyl sites for hydroxylation is 1. The fraction of sp³-hybridized carbons (Fsp3) is 0.167. The Morgan fingerprint density at radius 3 is 2.38 bits per heavy atom. The first-order valence-electron chi connectivity index (χ1n) is 12.2. The third-order valence-electron chi connectivity index (χ3n) is 6.99. The number of anilines is 1. The number of rotatable bonds is 4. The Morgan fingerprint density at radius 2 is 1.57 bits per heavy atom. The second-order valence-electron chi connectivity index (χ2n) is 9.25. The van der Waals surface area contributed by atoms with Crippen LogP contribution in [0.4, 0.5) is 5.69 Å². The molecule has 37 heavy (non-hydrogen) atoms.